The Bertz CT molecular complexity index is 1290. The average molecular weight is 433 g/mol. The number of carbonyl (C=O) groups is 1. The number of fused-ring (bicyclic) bond motifs is 1. The third-order valence-corrected chi connectivity index (χ3v) is 4.44. The lowest BCUT2D eigenvalue weighted by atomic mass is 10.2. The first-order chi connectivity index (χ1) is 15.0. The van der Waals surface area contributed by atoms with Crippen molar-refractivity contribution in [2.75, 3.05) is 5.32 Å². The van der Waals surface area contributed by atoms with Crippen LogP contribution in [0.5, 0.6) is 11.5 Å². The number of anilines is 1. The van der Waals surface area contributed by atoms with Crippen LogP contribution in [0.4, 0.5) is 11.4 Å². The molecule has 0 saturated carbocycles. The van der Waals surface area contributed by atoms with Gasteiger partial charge in [0, 0.05) is 29.3 Å². The number of nitrogens with zero attached hydrogens (tertiary/aromatic N) is 1. The highest BCUT2D eigenvalue weighted by Gasteiger charge is 2.16. The zero-order valence-electron chi connectivity index (χ0n) is 15.9. The lowest BCUT2D eigenvalue weighted by Gasteiger charge is -2.10. The smallest absolute Gasteiger partial charge is 0.293 e. The fraction of sp³-hybridized carbons (Fsp3) is 0. The Hall–Kier alpha value is -4.24. The number of thiocarbonyl (C=S) groups is 1. The molecule has 0 aliphatic rings. The van der Waals surface area contributed by atoms with Gasteiger partial charge in [0.15, 0.2) is 10.9 Å². The molecule has 0 atom stereocenters. The first kappa shape index (κ1) is 20.0. The molecule has 4 aromatic rings. The fourth-order valence-electron chi connectivity index (χ4n) is 2.85. The molecule has 0 radical (unpaired) electrons. The van der Waals surface area contributed by atoms with Crippen LogP contribution in [0.25, 0.3) is 11.0 Å². The van der Waals surface area contributed by atoms with Gasteiger partial charge in [-0.2, -0.15) is 0 Å². The number of nitro groups is 1. The predicted molar refractivity (Wildman–Crippen MR) is 120 cm³/mol. The molecule has 1 aromatic heterocycles. The Balaban J connectivity index is 1.41. The number of carbonyl (C=O) groups excluding carboxylic acids is 1. The predicted octanol–water partition coefficient (Wildman–Crippen LogP) is 5.26. The number of benzene rings is 3. The van der Waals surface area contributed by atoms with Gasteiger partial charge in [-0.3, -0.25) is 20.2 Å². The summed E-state index contributed by atoms with van der Waals surface area (Å²) in [5, 5.41) is 16.8. The highest BCUT2D eigenvalue weighted by atomic mass is 32.1. The van der Waals surface area contributed by atoms with Gasteiger partial charge in [0.05, 0.1) is 4.92 Å². The topological polar surface area (TPSA) is 107 Å². The minimum Gasteiger partial charge on any atom is -0.457 e. The molecule has 8 nitrogen and oxygen atoms in total. The third-order valence-electron chi connectivity index (χ3n) is 4.23. The summed E-state index contributed by atoms with van der Waals surface area (Å²) >= 11 is 5.21. The molecule has 3 aromatic carbocycles. The zero-order chi connectivity index (χ0) is 21.8. The Morgan fingerprint density at radius 2 is 1.74 bits per heavy atom. The Kier molecular flexibility index (Phi) is 5.59. The van der Waals surface area contributed by atoms with E-state index in [1.165, 1.54) is 24.3 Å². The van der Waals surface area contributed by atoms with Gasteiger partial charge in [-0.25, -0.2) is 0 Å². The number of rotatable bonds is 5. The second kappa shape index (κ2) is 8.64. The highest BCUT2D eigenvalue weighted by Crippen LogP contribution is 2.25. The fourth-order valence-corrected chi connectivity index (χ4v) is 3.06. The van der Waals surface area contributed by atoms with E-state index < -0.39 is 10.8 Å². The summed E-state index contributed by atoms with van der Waals surface area (Å²) in [5.41, 5.74) is 0.898. The number of amides is 1. The molecule has 31 heavy (non-hydrogen) atoms. The number of nitrogens with one attached hydrogen (secondary N) is 2. The largest absolute Gasteiger partial charge is 0.457 e. The van der Waals surface area contributed by atoms with Crippen molar-refractivity contribution in [3.8, 4) is 11.5 Å². The molecule has 4 rings (SSSR count). The number of hydrogen-bond donors (Lipinski definition) is 2. The van der Waals surface area contributed by atoms with Gasteiger partial charge >= 0.3 is 0 Å². The van der Waals surface area contributed by atoms with Crippen molar-refractivity contribution in [3.05, 3.63) is 94.7 Å². The van der Waals surface area contributed by atoms with Gasteiger partial charge in [0.2, 0.25) is 0 Å². The van der Waals surface area contributed by atoms with Crippen LogP contribution in [-0.2, 0) is 0 Å². The Morgan fingerprint density at radius 3 is 2.52 bits per heavy atom. The van der Waals surface area contributed by atoms with E-state index in [0.717, 1.165) is 0 Å². The summed E-state index contributed by atoms with van der Waals surface area (Å²) < 4.78 is 11.2. The van der Waals surface area contributed by atoms with Crippen LogP contribution < -0.4 is 15.4 Å². The molecule has 0 aliphatic heterocycles. The quantitative estimate of drug-likeness (QED) is 0.251. The van der Waals surface area contributed by atoms with Crippen LogP contribution in [0.15, 0.2) is 83.3 Å². The van der Waals surface area contributed by atoms with Crippen molar-refractivity contribution in [3.63, 3.8) is 0 Å². The number of non-ortho nitro benzene ring substituents is 1. The van der Waals surface area contributed by atoms with Gasteiger partial charge < -0.3 is 14.5 Å². The van der Waals surface area contributed by atoms with Gasteiger partial charge in [-0.05, 0) is 48.6 Å². The maximum absolute atomic E-state index is 12.5. The van der Waals surface area contributed by atoms with E-state index in [1.807, 2.05) is 30.3 Å². The zero-order valence-corrected chi connectivity index (χ0v) is 16.7. The van der Waals surface area contributed by atoms with E-state index in [4.69, 9.17) is 21.4 Å². The second-order valence-electron chi connectivity index (χ2n) is 6.44. The van der Waals surface area contributed by atoms with Gasteiger partial charge in [0.1, 0.15) is 17.1 Å². The molecule has 0 spiro atoms. The molecule has 0 unspecified atom stereocenters. The van der Waals surface area contributed by atoms with Crippen LogP contribution in [0.3, 0.4) is 0 Å². The van der Waals surface area contributed by atoms with E-state index in [0.29, 0.717) is 28.2 Å². The molecule has 2 N–H and O–H groups in total. The molecule has 0 fully saturated rings. The molecule has 0 aliphatic carbocycles. The van der Waals surface area contributed by atoms with Crippen LogP contribution in [0.1, 0.15) is 10.6 Å². The summed E-state index contributed by atoms with van der Waals surface area (Å²) in [6.45, 7) is 0. The van der Waals surface area contributed by atoms with Gasteiger partial charge in [-0.1, -0.05) is 24.3 Å². The normalized spacial score (nSPS) is 10.5. The number of nitro benzene ring substituents is 1. The molecule has 154 valence electrons. The summed E-state index contributed by atoms with van der Waals surface area (Å²) in [6, 6.07) is 21.9. The molecule has 0 saturated heterocycles. The van der Waals surface area contributed by atoms with E-state index in [2.05, 4.69) is 10.6 Å². The van der Waals surface area contributed by atoms with E-state index in [9.17, 15) is 14.9 Å². The molecule has 1 heterocycles. The van der Waals surface area contributed by atoms with Gasteiger partial charge in [-0.15, -0.1) is 0 Å². The lowest BCUT2D eigenvalue weighted by Crippen LogP contribution is -2.33. The van der Waals surface area contributed by atoms with Crippen LogP contribution in [0, 0.1) is 10.1 Å². The maximum Gasteiger partial charge on any atom is 0.293 e. The lowest BCUT2D eigenvalue weighted by molar-refractivity contribution is -0.384. The maximum atomic E-state index is 12.5. The second-order valence-corrected chi connectivity index (χ2v) is 6.85. The summed E-state index contributed by atoms with van der Waals surface area (Å²) in [5.74, 6) is 0.707. The van der Waals surface area contributed by atoms with E-state index in [1.54, 1.807) is 24.3 Å². The van der Waals surface area contributed by atoms with Crippen molar-refractivity contribution in [2.45, 2.75) is 0 Å². The first-order valence-electron chi connectivity index (χ1n) is 9.11. The Morgan fingerprint density at radius 1 is 0.968 bits per heavy atom. The highest BCUT2D eigenvalue weighted by molar-refractivity contribution is 7.80. The summed E-state index contributed by atoms with van der Waals surface area (Å²) in [4.78, 5) is 22.8. The van der Waals surface area contributed by atoms with Crippen molar-refractivity contribution in [1.29, 1.82) is 0 Å². The van der Waals surface area contributed by atoms with Crippen molar-refractivity contribution in [2.24, 2.45) is 0 Å². The molecule has 0 bridgehead atoms. The van der Waals surface area contributed by atoms with Crippen LogP contribution >= 0.6 is 12.2 Å². The molecular weight excluding hydrogens is 418 g/mol. The number of furan rings is 1. The van der Waals surface area contributed by atoms with Crippen molar-refractivity contribution >= 4 is 45.6 Å². The molecule has 9 heteroatoms. The SMILES string of the molecule is O=C(NC(=S)Nc1cccc(Oc2ccccc2)c1)c1cc2cc([N+](=O)[O-])ccc2o1. The molecule has 1 amide bonds. The monoisotopic (exact) mass is 433 g/mol. The summed E-state index contributed by atoms with van der Waals surface area (Å²) in [7, 11) is 0. The summed E-state index contributed by atoms with van der Waals surface area (Å²) in [6.07, 6.45) is 0. The molecular formula is C22H15N3O5S. The number of hydrogen-bond acceptors (Lipinski definition) is 6. The third kappa shape index (κ3) is 4.85. The minimum atomic E-state index is -0.576. The first-order valence-corrected chi connectivity index (χ1v) is 9.52. The van der Waals surface area contributed by atoms with E-state index in [-0.39, 0.29) is 16.6 Å². The van der Waals surface area contributed by atoms with Gasteiger partial charge in [0.25, 0.3) is 11.6 Å². The standard InChI is InChI=1S/C22H15N3O5S/c26-21(20-12-14-11-16(25(27)28)9-10-19(14)30-20)24-22(31)23-15-5-4-8-18(13-15)29-17-6-2-1-3-7-17/h1-13H,(H2,23,24,26,31). The van der Waals surface area contributed by atoms with Crippen molar-refractivity contribution < 1.29 is 18.9 Å². The Labute approximate surface area is 181 Å². The number of ether oxygens (including phenoxy) is 1. The van der Waals surface area contributed by atoms with Crippen LogP contribution in [-0.4, -0.2) is 15.9 Å². The number of para-hydroxylation sites is 1. The van der Waals surface area contributed by atoms with E-state index >= 15 is 0 Å². The minimum absolute atomic E-state index is 0.0131. The van der Waals surface area contributed by atoms with Crippen LogP contribution in [0.2, 0.25) is 0 Å². The van der Waals surface area contributed by atoms with Crippen molar-refractivity contribution in [1.82, 2.24) is 5.32 Å². The average Bonchev–Trinajstić information content (AvgIpc) is 3.18.